The average Bonchev–Trinajstić information content (AvgIpc) is 2.96. The van der Waals surface area contributed by atoms with Crippen molar-refractivity contribution in [2.75, 3.05) is 29.9 Å². The average molecular weight is 581 g/mol. The number of nitrogens with one attached hydrogen (secondary N) is 2. The van der Waals surface area contributed by atoms with Crippen LogP contribution in [0.3, 0.4) is 0 Å². The normalized spacial score (nSPS) is 12.2. The van der Waals surface area contributed by atoms with E-state index in [0.29, 0.717) is 44.8 Å². The van der Waals surface area contributed by atoms with Gasteiger partial charge in [0, 0.05) is 31.5 Å². The van der Waals surface area contributed by atoms with Crippen molar-refractivity contribution in [2.24, 2.45) is 0 Å². The Hall–Kier alpha value is -5.25. The molecule has 0 aliphatic rings. The topological polar surface area (TPSA) is 159 Å². The molecule has 3 aromatic carbocycles. The van der Waals surface area contributed by atoms with E-state index >= 15 is 0 Å². The van der Waals surface area contributed by atoms with Crippen molar-refractivity contribution < 1.29 is 8.42 Å². The quantitative estimate of drug-likeness (QED) is 0.245. The maximum absolute atomic E-state index is 14.4. The zero-order chi connectivity index (χ0) is 30.0. The van der Waals surface area contributed by atoms with E-state index in [4.69, 9.17) is 5.73 Å². The van der Waals surface area contributed by atoms with Crippen molar-refractivity contribution >= 4 is 38.4 Å². The molecule has 0 spiro atoms. The number of fused-ring (bicyclic) bond motifs is 1. The summed E-state index contributed by atoms with van der Waals surface area (Å²) in [5.41, 5.74) is 8.68. The summed E-state index contributed by atoms with van der Waals surface area (Å²) in [6, 6.07) is 26.7. The summed E-state index contributed by atoms with van der Waals surface area (Å²) in [7, 11) is -0.830. The number of benzene rings is 3. The van der Waals surface area contributed by atoms with Gasteiger partial charge in [-0.3, -0.25) is 14.1 Å². The summed E-state index contributed by atoms with van der Waals surface area (Å²) >= 11 is 0. The fourth-order valence-corrected chi connectivity index (χ4v) is 5.28. The molecule has 0 radical (unpaired) electrons. The number of nitriles is 1. The van der Waals surface area contributed by atoms with Gasteiger partial charge in [0.25, 0.3) is 5.56 Å². The van der Waals surface area contributed by atoms with Crippen LogP contribution in [0.4, 0.5) is 17.5 Å². The Balaban J connectivity index is 1.68. The summed E-state index contributed by atoms with van der Waals surface area (Å²) in [5.74, 6) is 0.312. The Labute approximate surface area is 243 Å². The van der Waals surface area contributed by atoms with Gasteiger partial charge in [0.1, 0.15) is 17.6 Å². The van der Waals surface area contributed by atoms with Crippen molar-refractivity contribution in [1.29, 1.82) is 5.26 Å². The Bertz CT molecular complexity index is 2000. The lowest BCUT2D eigenvalue weighted by atomic mass is 9.97. The molecule has 0 fully saturated rings. The molecule has 0 saturated heterocycles. The van der Waals surface area contributed by atoms with E-state index in [1.807, 2.05) is 73.7 Å². The van der Waals surface area contributed by atoms with Gasteiger partial charge in [-0.1, -0.05) is 48.5 Å². The molecule has 0 aliphatic heterocycles. The molecule has 11 nitrogen and oxygen atoms in total. The van der Waals surface area contributed by atoms with Crippen molar-refractivity contribution in [3.63, 3.8) is 0 Å². The van der Waals surface area contributed by atoms with Crippen LogP contribution in [0.15, 0.2) is 89.7 Å². The van der Waals surface area contributed by atoms with E-state index in [-0.39, 0.29) is 17.2 Å². The highest BCUT2D eigenvalue weighted by molar-refractivity contribution is 7.90. The number of pyridine rings is 1. The third-order valence-electron chi connectivity index (χ3n) is 6.66. The molecular weight excluding hydrogens is 552 g/mol. The van der Waals surface area contributed by atoms with Crippen molar-refractivity contribution in [1.82, 2.24) is 18.8 Å². The highest BCUT2D eigenvalue weighted by Crippen LogP contribution is 2.31. The second-order valence-corrected chi connectivity index (χ2v) is 11.6. The van der Waals surface area contributed by atoms with Gasteiger partial charge >= 0.3 is 10.2 Å². The summed E-state index contributed by atoms with van der Waals surface area (Å²) in [4.78, 5) is 22.5. The summed E-state index contributed by atoms with van der Waals surface area (Å²) in [6.07, 6.45) is 0. The van der Waals surface area contributed by atoms with Crippen LogP contribution >= 0.6 is 0 Å². The van der Waals surface area contributed by atoms with Gasteiger partial charge < -0.3 is 11.1 Å². The van der Waals surface area contributed by atoms with Gasteiger partial charge in [-0.05, 0) is 53.8 Å². The van der Waals surface area contributed by atoms with E-state index in [2.05, 4.69) is 20.0 Å². The van der Waals surface area contributed by atoms with Gasteiger partial charge in [0.05, 0.1) is 17.1 Å². The van der Waals surface area contributed by atoms with Crippen molar-refractivity contribution in [3.05, 3.63) is 107 Å². The molecule has 0 amide bonds. The minimum atomic E-state index is -3.72. The first-order chi connectivity index (χ1) is 20.1. The van der Waals surface area contributed by atoms with E-state index in [1.54, 1.807) is 22.8 Å². The van der Waals surface area contributed by atoms with Gasteiger partial charge in [-0.25, -0.2) is 4.98 Å². The summed E-state index contributed by atoms with van der Waals surface area (Å²) in [6.45, 7) is 1.88. The fraction of sp³-hybridized carbons (Fsp3) is 0.133. The largest absolute Gasteiger partial charge is 0.368 e. The van der Waals surface area contributed by atoms with Gasteiger partial charge in [-0.2, -0.15) is 23.0 Å². The third-order valence-corrected chi connectivity index (χ3v) is 8.11. The molecule has 12 heteroatoms. The molecule has 0 saturated carbocycles. The monoisotopic (exact) mass is 580 g/mol. The molecule has 0 bridgehead atoms. The van der Waals surface area contributed by atoms with Crippen LogP contribution in [-0.2, 0) is 10.2 Å². The molecule has 4 N–H and O–H groups in total. The molecule has 212 valence electrons. The first-order valence-electron chi connectivity index (χ1n) is 12.9. The molecule has 42 heavy (non-hydrogen) atoms. The zero-order valence-corrected chi connectivity index (χ0v) is 23.9. The van der Waals surface area contributed by atoms with Crippen LogP contribution in [-0.4, -0.2) is 41.4 Å². The Kier molecular flexibility index (Phi) is 7.62. The van der Waals surface area contributed by atoms with Crippen LogP contribution in [0.5, 0.6) is 0 Å². The number of hydrogen-bond acceptors (Lipinski definition) is 8. The molecule has 2 heterocycles. The molecule has 2 aromatic heterocycles. The van der Waals surface area contributed by atoms with Crippen LogP contribution in [0, 0.1) is 11.3 Å². The lowest BCUT2D eigenvalue weighted by Gasteiger charge is -2.22. The molecule has 5 rings (SSSR count). The number of aromatic nitrogens is 3. The maximum Gasteiger partial charge on any atom is 0.301 e. The fourth-order valence-electron chi connectivity index (χ4n) is 4.67. The lowest BCUT2D eigenvalue weighted by Crippen LogP contribution is -2.28. The number of nitrogens with two attached hydrogens (primary N) is 1. The second kappa shape index (κ2) is 11.3. The highest BCUT2D eigenvalue weighted by Gasteiger charge is 2.20. The third kappa shape index (κ3) is 5.64. The SMILES string of the molecule is C[C@H](Nc1cc(C#N)nc(N)n1)c1cc2cccc(-c3cccc(NS(=O)(=O)N(C)C)c3)c2c(=O)n1-c1ccccc1. The van der Waals surface area contributed by atoms with Crippen molar-refractivity contribution in [3.8, 4) is 22.9 Å². The second-order valence-electron chi connectivity index (χ2n) is 9.76. The summed E-state index contributed by atoms with van der Waals surface area (Å²) < 4.78 is 30.1. The first kappa shape index (κ1) is 28.3. The van der Waals surface area contributed by atoms with Crippen LogP contribution in [0.1, 0.15) is 24.4 Å². The van der Waals surface area contributed by atoms with Gasteiger partial charge in [0.15, 0.2) is 0 Å². The number of para-hydroxylation sites is 1. The number of anilines is 3. The Morgan fingerprint density at radius 3 is 2.43 bits per heavy atom. The van der Waals surface area contributed by atoms with E-state index in [1.165, 1.54) is 20.2 Å². The van der Waals surface area contributed by atoms with E-state index in [0.717, 1.165) is 4.31 Å². The predicted molar refractivity (Wildman–Crippen MR) is 164 cm³/mol. The predicted octanol–water partition coefficient (Wildman–Crippen LogP) is 4.29. The van der Waals surface area contributed by atoms with Gasteiger partial charge in [-0.15, -0.1) is 0 Å². The molecule has 0 aliphatic carbocycles. The van der Waals surface area contributed by atoms with Crippen LogP contribution < -0.4 is 21.3 Å². The number of hydrogen-bond donors (Lipinski definition) is 3. The zero-order valence-electron chi connectivity index (χ0n) is 23.1. The molecular formula is C30H28N8O3S. The Morgan fingerprint density at radius 2 is 1.71 bits per heavy atom. The molecule has 0 unspecified atom stereocenters. The minimum Gasteiger partial charge on any atom is -0.368 e. The van der Waals surface area contributed by atoms with Crippen LogP contribution in [0.25, 0.3) is 27.6 Å². The van der Waals surface area contributed by atoms with E-state index < -0.39 is 16.3 Å². The molecule has 5 aromatic rings. The first-order valence-corrected chi connectivity index (χ1v) is 14.4. The maximum atomic E-state index is 14.4. The van der Waals surface area contributed by atoms with E-state index in [9.17, 15) is 18.5 Å². The standard InChI is InChI=1S/C30H28N8O3S/c1-19(33-27-17-23(18-31)34-30(32)35-27)26-16-21-10-8-14-25(28(21)29(39)38(26)24-12-5-4-6-13-24)20-9-7-11-22(15-20)36-42(40,41)37(2)3/h4-17,19,36H,1-3H3,(H3,32,33,34,35)/t19-/m0/s1. The van der Waals surface area contributed by atoms with Crippen LogP contribution in [0.2, 0.25) is 0 Å². The Morgan fingerprint density at radius 1 is 0.976 bits per heavy atom. The van der Waals surface area contributed by atoms with Crippen molar-refractivity contribution in [2.45, 2.75) is 13.0 Å². The number of rotatable bonds is 8. The summed E-state index contributed by atoms with van der Waals surface area (Å²) in [5, 5.41) is 13.7. The number of nitrogens with zero attached hydrogens (tertiary/aromatic N) is 5. The highest BCUT2D eigenvalue weighted by atomic mass is 32.2. The lowest BCUT2D eigenvalue weighted by molar-refractivity contribution is 0.527. The smallest absolute Gasteiger partial charge is 0.301 e. The van der Waals surface area contributed by atoms with Gasteiger partial charge in [0.2, 0.25) is 5.95 Å². The molecule has 1 atom stereocenters. The minimum absolute atomic E-state index is 0.0394. The number of nitrogen functional groups attached to an aromatic ring is 1.